The maximum Gasteiger partial charge on any atom is 0.430 e. The Morgan fingerprint density at radius 2 is 1.81 bits per heavy atom. The number of aromatic nitrogens is 1. The highest BCUT2D eigenvalue weighted by atomic mass is 19.4. The molecule has 0 fully saturated rings. The first-order valence-corrected chi connectivity index (χ1v) is 10.4. The summed E-state index contributed by atoms with van der Waals surface area (Å²) in [5, 5.41) is 1.06. The van der Waals surface area contributed by atoms with E-state index in [2.05, 4.69) is 4.98 Å². The predicted octanol–water partition coefficient (Wildman–Crippen LogP) is 5.50. The molecule has 2 atom stereocenters. The Labute approximate surface area is 179 Å². The molecule has 1 aliphatic heterocycles. The zero-order chi connectivity index (χ0) is 22.2. The minimum Gasteiger partial charge on any atom is -0.356 e. The standard InChI is InChI=1S/C24H25F3N2O2/c1-3-9-20-21-18(17-12-7-8-13-19(17)28-21)14-15-29(20)22(30)23(31-2,24(25,26)27)16-10-5-4-6-11-16/h4-8,10-13,20,28H,3,9,14-15H2,1-2H3/t20-,23+/m0/s1. The molecule has 4 rings (SSSR count). The lowest BCUT2D eigenvalue weighted by molar-refractivity contribution is -0.271. The molecule has 0 bridgehead atoms. The second-order valence-corrected chi connectivity index (χ2v) is 7.86. The van der Waals surface area contributed by atoms with Crippen molar-refractivity contribution in [1.29, 1.82) is 0 Å². The summed E-state index contributed by atoms with van der Waals surface area (Å²) in [4.78, 5) is 18.4. The molecular formula is C24H25F3N2O2. The van der Waals surface area contributed by atoms with Crippen molar-refractivity contribution >= 4 is 16.8 Å². The fraction of sp³-hybridized carbons (Fsp3) is 0.375. The number of hydrogen-bond acceptors (Lipinski definition) is 2. The SMILES string of the molecule is CCC[C@H]1c2[nH]c3ccccc3c2CCN1C(=O)[C@](OC)(c1ccccc1)C(F)(F)F. The van der Waals surface area contributed by atoms with Gasteiger partial charge in [-0.05, 0) is 24.5 Å². The fourth-order valence-corrected chi connectivity index (χ4v) is 4.74. The Morgan fingerprint density at radius 3 is 2.45 bits per heavy atom. The van der Waals surface area contributed by atoms with Crippen molar-refractivity contribution in [2.75, 3.05) is 13.7 Å². The largest absolute Gasteiger partial charge is 0.430 e. The van der Waals surface area contributed by atoms with Gasteiger partial charge in [0.25, 0.3) is 11.5 Å². The molecule has 0 spiro atoms. The number of benzene rings is 2. The number of rotatable bonds is 5. The zero-order valence-electron chi connectivity index (χ0n) is 17.5. The van der Waals surface area contributed by atoms with Gasteiger partial charge in [0.2, 0.25) is 0 Å². The molecule has 1 amide bonds. The molecule has 0 aliphatic carbocycles. The van der Waals surface area contributed by atoms with E-state index in [0.717, 1.165) is 35.7 Å². The van der Waals surface area contributed by atoms with E-state index < -0.39 is 23.7 Å². The number of carbonyl (C=O) groups is 1. The van der Waals surface area contributed by atoms with Gasteiger partial charge in [0.15, 0.2) is 0 Å². The number of amides is 1. The fourth-order valence-electron chi connectivity index (χ4n) is 4.74. The van der Waals surface area contributed by atoms with Gasteiger partial charge in [0, 0.05) is 35.8 Å². The van der Waals surface area contributed by atoms with E-state index in [1.165, 1.54) is 29.2 Å². The average Bonchev–Trinajstić information content (AvgIpc) is 3.14. The summed E-state index contributed by atoms with van der Waals surface area (Å²) in [6.45, 7) is 2.16. The third kappa shape index (κ3) is 3.31. The minimum absolute atomic E-state index is 0.201. The number of ether oxygens (including phenoxy) is 1. The lowest BCUT2D eigenvalue weighted by atomic mass is 9.87. The van der Waals surface area contributed by atoms with Gasteiger partial charge in [-0.25, -0.2) is 0 Å². The lowest BCUT2D eigenvalue weighted by Crippen LogP contribution is -2.58. The highest BCUT2D eigenvalue weighted by Crippen LogP contribution is 2.46. The van der Waals surface area contributed by atoms with Crippen molar-refractivity contribution in [2.24, 2.45) is 0 Å². The first-order chi connectivity index (χ1) is 14.8. The van der Waals surface area contributed by atoms with Gasteiger partial charge in [0.05, 0.1) is 6.04 Å². The van der Waals surface area contributed by atoms with Gasteiger partial charge in [-0.15, -0.1) is 0 Å². The Balaban J connectivity index is 1.84. The molecule has 2 aromatic carbocycles. The Kier molecular flexibility index (Phi) is 5.56. The first-order valence-electron chi connectivity index (χ1n) is 10.4. The monoisotopic (exact) mass is 430 g/mol. The summed E-state index contributed by atoms with van der Waals surface area (Å²) in [7, 11) is 0.950. The molecule has 7 heteroatoms. The Hall–Kier alpha value is -2.80. The van der Waals surface area contributed by atoms with E-state index in [4.69, 9.17) is 4.74 Å². The lowest BCUT2D eigenvalue weighted by Gasteiger charge is -2.42. The molecule has 0 saturated carbocycles. The number of nitrogens with one attached hydrogen (secondary N) is 1. The summed E-state index contributed by atoms with van der Waals surface area (Å²) >= 11 is 0. The maximum absolute atomic E-state index is 14.5. The number of aromatic amines is 1. The highest BCUT2D eigenvalue weighted by molar-refractivity contribution is 5.90. The Morgan fingerprint density at radius 1 is 1.13 bits per heavy atom. The number of fused-ring (bicyclic) bond motifs is 3. The number of hydrogen-bond donors (Lipinski definition) is 1. The van der Waals surface area contributed by atoms with Crippen LogP contribution >= 0.6 is 0 Å². The molecule has 2 heterocycles. The van der Waals surface area contributed by atoms with Crippen LogP contribution in [0.25, 0.3) is 10.9 Å². The smallest absolute Gasteiger partial charge is 0.356 e. The topological polar surface area (TPSA) is 45.3 Å². The van der Waals surface area contributed by atoms with Crippen molar-refractivity contribution in [3.8, 4) is 0 Å². The molecule has 1 aromatic heterocycles. The van der Waals surface area contributed by atoms with Gasteiger partial charge >= 0.3 is 6.18 Å². The average molecular weight is 430 g/mol. The second kappa shape index (κ2) is 8.04. The molecule has 1 aliphatic rings. The zero-order valence-corrected chi connectivity index (χ0v) is 17.5. The van der Waals surface area contributed by atoms with Gasteiger partial charge in [-0.3, -0.25) is 4.79 Å². The third-order valence-electron chi connectivity index (χ3n) is 6.17. The van der Waals surface area contributed by atoms with Crippen LogP contribution in [0.15, 0.2) is 54.6 Å². The van der Waals surface area contributed by atoms with Crippen molar-refractivity contribution in [3.05, 3.63) is 71.4 Å². The van der Waals surface area contributed by atoms with Crippen molar-refractivity contribution in [1.82, 2.24) is 9.88 Å². The number of methoxy groups -OCH3 is 1. The number of H-pyrrole nitrogens is 1. The van der Waals surface area contributed by atoms with E-state index in [1.807, 2.05) is 31.2 Å². The van der Waals surface area contributed by atoms with Crippen LogP contribution in [-0.4, -0.2) is 35.6 Å². The van der Waals surface area contributed by atoms with E-state index in [1.54, 1.807) is 6.07 Å². The molecule has 3 aromatic rings. The van der Waals surface area contributed by atoms with Gasteiger partial charge in [0.1, 0.15) is 0 Å². The van der Waals surface area contributed by atoms with E-state index in [0.29, 0.717) is 12.8 Å². The molecule has 0 saturated heterocycles. The number of carbonyl (C=O) groups excluding carboxylic acids is 1. The summed E-state index contributed by atoms with van der Waals surface area (Å²) in [6.07, 6.45) is -3.16. The van der Waals surface area contributed by atoms with Crippen LogP contribution in [0.4, 0.5) is 13.2 Å². The third-order valence-corrected chi connectivity index (χ3v) is 6.17. The first kappa shape index (κ1) is 21.4. The van der Waals surface area contributed by atoms with Crippen LogP contribution in [0, 0.1) is 0 Å². The quantitative estimate of drug-likeness (QED) is 0.581. The highest BCUT2D eigenvalue weighted by Gasteiger charge is 2.64. The molecule has 1 N–H and O–H groups in total. The van der Waals surface area contributed by atoms with Crippen molar-refractivity contribution < 1.29 is 22.7 Å². The number of nitrogens with zero attached hydrogens (tertiary/aromatic N) is 1. The van der Waals surface area contributed by atoms with Crippen LogP contribution in [0.2, 0.25) is 0 Å². The summed E-state index contributed by atoms with van der Waals surface area (Å²) < 4.78 is 48.4. The number of halogens is 3. The van der Waals surface area contributed by atoms with Crippen LogP contribution in [0.5, 0.6) is 0 Å². The molecule has 164 valence electrons. The molecule has 31 heavy (non-hydrogen) atoms. The van der Waals surface area contributed by atoms with Crippen LogP contribution < -0.4 is 0 Å². The molecule has 0 radical (unpaired) electrons. The predicted molar refractivity (Wildman–Crippen MR) is 113 cm³/mol. The normalized spacial score (nSPS) is 18.6. The van der Waals surface area contributed by atoms with Crippen LogP contribution in [0.3, 0.4) is 0 Å². The van der Waals surface area contributed by atoms with Crippen molar-refractivity contribution in [3.63, 3.8) is 0 Å². The summed E-state index contributed by atoms with van der Waals surface area (Å²) in [5.41, 5.74) is -0.438. The molecular weight excluding hydrogens is 405 g/mol. The Bertz CT molecular complexity index is 1080. The minimum atomic E-state index is -4.92. The van der Waals surface area contributed by atoms with E-state index in [9.17, 15) is 18.0 Å². The van der Waals surface area contributed by atoms with Crippen molar-refractivity contribution in [2.45, 2.75) is 44.0 Å². The van der Waals surface area contributed by atoms with Crippen LogP contribution in [-0.2, 0) is 21.6 Å². The number of para-hydroxylation sites is 1. The molecule has 0 unspecified atom stereocenters. The van der Waals surface area contributed by atoms with Crippen LogP contribution in [0.1, 0.15) is 42.6 Å². The van der Waals surface area contributed by atoms with E-state index >= 15 is 0 Å². The summed E-state index contributed by atoms with van der Waals surface area (Å²) in [5.74, 6) is -1.07. The number of alkyl halides is 3. The van der Waals surface area contributed by atoms with E-state index in [-0.39, 0.29) is 12.1 Å². The van der Waals surface area contributed by atoms with Gasteiger partial charge < -0.3 is 14.6 Å². The molecule has 4 nitrogen and oxygen atoms in total. The maximum atomic E-state index is 14.5. The summed E-state index contributed by atoms with van der Waals surface area (Å²) in [6, 6.07) is 14.5. The van der Waals surface area contributed by atoms with Gasteiger partial charge in [-0.1, -0.05) is 61.9 Å². The second-order valence-electron chi connectivity index (χ2n) is 7.86. The van der Waals surface area contributed by atoms with Gasteiger partial charge in [-0.2, -0.15) is 13.2 Å².